The Balaban J connectivity index is 1.94. The molecule has 2 heteroatoms. The minimum atomic E-state index is 0.381. The van der Waals surface area contributed by atoms with Gasteiger partial charge in [-0.3, -0.25) is 0 Å². The Labute approximate surface area is 121 Å². The van der Waals surface area contributed by atoms with Crippen molar-refractivity contribution in [1.82, 2.24) is 5.32 Å². The van der Waals surface area contributed by atoms with Crippen LogP contribution in [0.5, 0.6) is 0 Å². The van der Waals surface area contributed by atoms with Gasteiger partial charge in [0, 0.05) is 24.8 Å². The zero-order chi connectivity index (χ0) is 13.9. The number of hydrogen-bond acceptors (Lipinski definition) is 2. The maximum atomic E-state index is 3.70. The van der Waals surface area contributed by atoms with Gasteiger partial charge in [-0.2, -0.15) is 0 Å². The zero-order valence-corrected chi connectivity index (χ0v) is 12.2. The number of hydrogen-bond donors (Lipinski definition) is 1. The van der Waals surface area contributed by atoms with Gasteiger partial charge in [-0.25, -0.2) is 0 Å². The van der Waals surface area contributed by atoms with Crippen LogP contribution in [0.3, 0.4) is 0 Å². The van der Waals surface area contributed by atoms with Crippen LogP contribution in [0.4, 0.5) is 5.69 Å². The highest BCUT2D eigenvalue weighted by atomic mass is 15.2. The molecule has 3 rings (SSSR count). The Hall–Kier alpha value is -1.80. The number of rotatable bonds is 2. The monoisotopic (exact) mass is 266 g/mol. The van der Waals surface area contributed by atoms with Gasteiger partial charge < -0.3 is 10.2 Å². The first-order valence-corrected chi connectivity index (χ1v) is 7.38. The Bertz CT molecular complexity index is 563. The molecule has 20 heavy (non-hydrogen) atoms. The highest BCUT2D eigenvalue weighted by molar-refractivity contribution is 5.55. The summed E-state index contributed by atoms with van der Waals surface area (Å²) in [7, 11) is 0. The Morgan fingerprint density at radius 1 is 1.00 bits per heavy atom. The molecule has 0 radical (unpaired) electrons. The molecule has 0 spiro atoms. The van der Waals surface area contributed by atoms with E-state index in [-0.39, 0.29) is 0 Å². The number of anilines is 1. The fourth-order valence-electron chi connectivity index (χ4n) is 2.93. The van der Waals surface area contributed by atoms with E-state index in [1.54, 1.807) is 0 Å². The van der Waals surface area contributed by atoms with E-state index >= 15 is 0 Å². The smallest absolute Gasteiger partial charge is 0.0500 e. The van der Waals surface area contributed by atoms with Crippen LogP contribution in [-0.2, 0) is 6.54 Å². The third-order valence-corrected chi connectivity index (χ3v) is 4.04. The Kier molecular flexibility index (Phi) is 3.75. The van der Waals surface area contributed by atoms with Crippen LogP contribution in [-0.4, -0.2) is 12.6 Å². The molecule has 0 aliphatic carbocycles. The molecule has 2 aromatic rings. The van der Waals surface area contributed by atoms with Crippen LogP contribution in [0.2, 0.25) is 0 Å². The normalized spacial score (nSPS) is 18.8. The molecule has 0 fully saturated rings. The highest BCUT2D eigenvalue weighted by Crippen LogP contribution is 2.29. The second-order valence-corrected chi connectivity index (χ2v) is 5.72. The van der Waals surface area contributed by atoms with Crippen molar-refractivity contribution in [2.45, 2.75) is 32.5 Å². The van der Waals surface area contributed by atoms with Crippen molar-refractivity contribution in [3.8, 4) is 0 Å². The van der Waals surface area contributed by atoms with E-state index in [4.69, 9.17) is 0 Å². The maximum Gasteiger partial charge on any atom is 0.0500 e. The molecule has 1 heterocycles. The SMILES string of the molecule is CC(C)N1CC(c2ccccc2)NCc2ccccc21. The zero-order valence-electron chi connectivity index (χ0n) is 12.2. The minimum Gasteiger partial charge on any atom is -0.367 e. The molecule has 0 saturated heterocycles. The largest absolute Gasteiger partial charge is 0.367 e. The molecule has 1 aliphatic heterocycles. The lowest BCUT2D eigenvalue weighted by Gasteiger charge is -2.31. The number of fused-ring (bicyclic) bond motifs is 1. The summed E-state index contributed by atoms with van der Waals surface area (Å²) < 4.78 is 0. The van der Waals surface area contributed by atoms with Crippen LogP contribution < -0.4 is 10.2 Å². The van der Waals surface area contributed by atoms with Crippen molar-refractivity contribution < 1.29 is 0 Å². The second kappa shape index (κ2) is 5.68. The first kappa shape index (κ1) is 13.2. The van der Waals surface area contributed by atoms with E-state index in [0.29, 0.717) is 12.1 Å². The van der Waals surface area contributed by atoms with Crippen LogP contribution in [0, 0.1) is 0 Å². The molecule has 104 valence electrons. The number of para-hydroxylation sites is 1. The van der Waals surface area contributed by atoms with Crippen LogP contribution in [0.15, 0.2) is 54.6 Å². The van der Waals surface area contributed by atoms with Crippen molar-refractivity contribution in [1.29, 1.82) is 0 Å². The van der Waals surface area contributed by atoms with E-state index in [2.05, 4.69) is 78.7 Å². The summed E-state index contributed by atoms with van der Waals surface area (Å²) in [4.78, 5) is 2.51. The van der Waals surface area contributed by atoms with Crippen LogP contribution in [0.25, 0.3) is 0 Å². The van der Waals surface area contributed by atoms with Gasteiger partial charge in [-0.15, -0.1) is 0 Å². The van der Waals surface area contributed by atoms with Crippen molar-refractivity contribution in [3.05, 3.63) is 65.7 Å². The molecule has 2 aromatic carbocycles. The quantitative estimate of drug-likeness (QED) is 0.890. The molecule has 1 N–H and O–H groups in total. The lowest BCUT2D eigenvalue weighted by molar-refractivity contribution is 0.523. The predicted molar refractivity (Wildman–Crippen MR) is 84.9 cm³/mol. The number of nitrogens with zero attached hydrogens (tertiary/aromatic N) is 1. The van der Waals surface area contributed by atoms with Crippen LogP contribution >= 0.6 is 0 Å². The average molecular weight is 266 g/mol. The van der Waals surface area contributed by atoms with Gasteiger partial charge in [0.25, 0.3) is 0 Å². The van der Waals surface area contributed by atoms with E-state index < -0.39 is 0 Å². The minimum absolute atomic E-state index is 0.381. The van der Waals surface area contributed by atoms with E-state index in [0.717, 1.165) is 13.1 Å². The molecule has 2 nitrogen and oxygen atoms in total. The molecule has 1 atom stereocenters. The predicted octanol–water partition coefficient (Wildman–Crippen LogP) is 3.75. The highest BCUT2D eigenvalue weighted by Gasteiger charge is 2.23. The van der Waals surface area contributed by atoms with E-state index in [9.17, 15) is 0 Å². The van der Waals surface area contributed by atoms with E-state index in [1.807, 2.05) is 0 Å². The van der Waals surface area contributed by atoms with Crippen molar-refractivity contribution in [3.63, 3.8) is 0 Å². The topological polar surface area (TPSA) is 15.3 Å². The van der Waals surface area contributed by atoms with Crippen molar-refractivity contribution in [2.75, 3.05) is 11.4 Å². The summed E-state index contributed by atoms with van der Waals surface area (Å²) in [6.45, 7) is 6.48. The summed E-state index contributed by atoms with van der Waals surface area (Å²) in [6, 6.07) is 20.4. The fourth-order valence-corrected chi connectivity index (χ4v) is 2.93. The molecule has 0 bridgehead atoms. The van der Waals surface area contributed by atoms with Gasteiger partial charge in [-0.05, 0) is 31.0 Å². The third-order valence-electron chi connectivity index (χ3n) is 4.04. The fraction of sp³-hybridized carbons (Fsp3) is 0.333. The molecular formula is C18H22N2. The average Bonchev–Trinajstić information content (AvgIpc) is 2.68. The summed E-state index contributed by atoms with van der Waals surface area (Å²) in [5.41, 5.74) is 4.12. The molecule has 1 unspecified atom stereocenters. The first-order valence-electron chi connectivity index (χ1n) is 7.38. The second-order valence-electron chi connectivity index (χ2n) is 5.72. The Morgan fingerprint density at radius 2 is 1.70 bits per heavy atom. The first-order chi connectivity index (χ1) is 9.75. The standard InChI is InChI=1S/C18H22N2/c1-14(2)20-13-17(15-8-4-3-5-9-15)19-12-16-10-6-7-11-18(16)20/h3-11,14,17,19H,12-13H2,1-2H3. The van der Waals surface area contributed by atoms with Crippen molar-refractivity contribution in [2.24, 2.45) is 0 Å². The van der Waals surface area contributed by atoms with Gasteiger partial charge >= 0.3 is 0 Å². The summed E-state index contributed by atoms with van der Waals surface area (Å²) >= 11 is 0. The van der Waals surface area contributed by atoms with Gasteiger partial charge in [0.15, 0.2) is 0 Å². The number of nitrogens with one attached hydrogen (secondary N) is 1. The van der Waals surface area contributed by atoms with Gasteiger partial charge in [0.05, 0.1) is 6.04 Å². The van der Waals surface area contributed by atoms with Crippen molar-refractivity contribution >= 4 is 5.69 Å². The molecule has 0 saturated carbocycles. The summed E-state index contributed by atoms with van der Waals surface area (Å²) in [6.07, 6.45) is 0. The maximum absolute atomic E-state index is 3.70. The molecule has 0 amide bonds. The lowest BCUT2D eigenvalue weighted by atomic mass is 10.1. The molecule has 1 aliphatic rings. The van der Waals surface area contributed by atoms with Gasteiger partial charge in [-0.1, -0.05) is 48.5 Å². The molecule has 0 aromatic heterocycles. The van der Waals surface area contributed by atoms with Crippen LogP contribution in [0.1, 0.15) is 31.0 Å². The van der Waals surface area contributed by atoms with Gasteiger partial charge in [0.2, 0.25) is 0 Å². The van der Waals surface area contributed by atoms with Gasteiger partial charge in [0.1, 0.15) is 0 Å². The summed E-state index contributed by atoms with van der Waals surface area (Å²) in [5.74, 6) is 0. The molecular weight excluding hydrogens is 244 g/mol. The lowest BCUT2D eigenvalue weighted by Crippen LogP contribution is -2.36. The summed E-state index contributed by atoms with van der Waals surface area (Å²) in [5, 5.41) is 3.70. The Morgan fingerprint density at radius 3 is 2.45 bits per heavy atom. The third kappa shape index (κ3) is 2.56. The van der Waals surface area contributed by atoms with E-state index in [1.165, 1.54) is 16.8 Å². The number of benzene rings is 2.